The van der Waals surface area contributed by atoms with Gasteiger partial charge in [-0.25, -0.2) is 0 Å². The van der Waals surface area contributed by atoms with Gasteiger partial charge in [0.15, 0.2) is 0 Å². The number of hydrogen-bond acceptors (Lipinski definition) is 2. The van der Waals surface area contributed by atoms with E-state index in [1.54, 1.807) is 0 Å². The molecule has 0 radical (unpaired) electrons. The van der Waals surface area contributed by atoms with Gasteiger partial charge >= 0.3 is 0 Å². The molecule has 0 amide bonds. The molecular formula is C8H19NO. The lowest BCUT2D eigenvalue weighted by Crippen LogP contribution is -2.04. The summed E-state index contributed by atoms with van der Waals surface area (Å²) in [6, 6.07) is 0. The van der Waals surface area contributed by atoms with Crippen LogP contribution in [0.4, 0.5) is 0 Å². The summed E-state index contributed by atoms with van der Waals surface area (Å²) in [6.45, 7) is 5.81. The average molecular weight is 145 g/mol. The molecule has 0 heterocycles. The van der Waals surface area contributed by atoms with Gasteiger partial charge in [0.2, 0.25) is 0 Å². The Morgan fingerprint density at radius 2 is 1.90 bits per heavy atom. The molecule has 62 valence electrons. The molecule has 0 saturated carbocycles. The van der Waals surface area contributed by atoms with Crippen LogP contribution in [0.25, 0.3) is 0 Å². The van der Waals surface area contributed by atoms with E-state index in [2.05, 4.69) is 13.8 Å². The summed E-state index contributed by atoms with van der Waals surface area (Å²) < 4.78 is 5.35. The highest BCUT2D eigenvalue weighted by molar-refractivity contribution is 4.42. The Balaban J connectivity index is 2.77. The van der Waals surface area contributed by atoms with Gasteiger partial charge in [-0.1, -0.05) is 0 Å². The van der Waals surface area contributed by atoms with Crippen molar-refractivity contribution >= 4 is 0 Å². The van der Waals surface area contributed by atoms with Gasteiger partial charge in [0.1, 0.15) is 0 Å². The Kier molecular flexibility index (Phi) is 6.98. The highest BCUT2D eigenvalue weighted by Crippen LogP contribution is 1.96. The third kappa shape index (κ3) is 7.92. The number of rotatable bonds is 6. The summed E-state index contributed by atoms with van der Waals surface area (Å²) in [7, 11) is 0. The van der Waals surface area contributed by atoms with Gasteiger partial charge in [-0.05, 0) is 39.7 Å². The van der Waals surface area contributed by atoms with Crippen molar-refractivity contribution in [1.29, 1.82) is 0 Å². The van der Waals surface area contributed by atoms with Crippen molar-refractivity contribution in [2.75, 3.05) is 13.2 Å². The maximum atomic E-state index is 5.35. The first-order valence-electron chi connectivity index (χ1n) is 4.09. The van der Waals surface area contributed by atoms with Crippen LogP contribution in [-0.2, 0) is 4.74 Å². The van der Waals surface area contributed by atoms with E-state index in [4.69, 9.17) is 10.5 Å². The Labute approximate surface area is 63.7 Å². The standard InChI is InChI=1S/C8H19NO/c1-8(2)10-7-5-3-4-6-9/h8H,3-7,9H2,1-2H3. The summed E-state index contributed by atoms with van der Waals surface area (Å²) in [5.74, 6) is 0. The van der Waals surface area contributed by atoms with E-state index >= 15 is 0 Å². The smallest absolute Gasteiger partial charge is 0.0518 e. The third-order valence-corrected chi connectivity index (χ3v) is 1.30. The lowest BCUT2D eigenvalue weighted by Gasteiger charge is -2.05. The highest BCUT2D eigenvalue weighted by atomic mass is 16.5. The molecule has 0 aliphatic rings. The number of unbranched alkanes of at least 4 members (excludes halogenated alkanes) is 2. The van der Waals surface area contributed by atoms with Crippen LogP contribution < -0.4 is 5.73 Å². The summed E-state index contributed by atoms with van der Waals surface area (Å²) in [5.41, 5.74) is 5.33. The molecule has 0 spiro atoms. The van der Waals surface area contributed by atoms with Crippen molar-refractivity contribution < 1.29 is 4.74 Å². The van der Waals surface area contributed by atoms with Crippen LogP contribution in [0.1, 0.15) is 33.1 Å². The van der Waals surface area contributed by atoms with Crippen LogP contribution >= 0.6 is 0 Å². The topological polar surface area (TPSA) is 35.2 Å². The molecule has 0 aromatic carbocycles. The average Bonchev–Trinajstić information content (AvgIpc) is 1.87. The molecule has 0 aliphatic carbocycles. The molecule has 0 saturated heterocycles. The zero-order chi connectivity index (χ0) is 7.82. The fraction of sp³-hybridized carbons (Fsp3) is 1.00. The molecule has 0 fully saturated rings. The molecule has 2 heteroatoms. The van der Waals surface area contributed by atoms with Gasteiger partial charge in [0.25, 0.3) is 0 Å². The van der Waals surface area contributed by atoms with E-state index in [0.29, 0.717) is 6.10 Å². The molecule has 0 aromatic heterocycles. The van der Waals surface area contributed by atoms with Crippen LogP contribution in [0, 0.1) is 0 Å². The second-order valence-corrected chi connectivity index (χ2v) is 2.77. The van der Waals surface area contributed by atoms with E-state index < -0.39 is 0 Å². The second-order valence-electron chi connectivity index (χ2n) is 2.77. The minimum atomic E-state index is 0.373. The van der Waals surface area contributed by atoms with Crippen molar-refractivity contribution in [1.82, 2.24) is 0 Å². The molecule has 0 atom stereocenters. The van der Waals surface area contributed by atoms with Crippen LogP contribution in [0.3, 0.4) is 0 Å². The maximum Gasteiger partial charge on any atom is 0.0518 e. The lowest BCUT2D eigenvalue weighted by atomic mass is 10.2. The Morgan fingerprint density at radius 1 is 1.20 bits per heavy atom. The first-order chi connectivity index (χ1) is 4.77. The Bertz CT molecular complexity index is 64.3. The minimum absolute atomic E-state index is 0.373. The van der Waals surface area contributed by atoms with E-state index in [1.807, 2.05) is 0 Å². The maximum absolute atomic E-state index is 5.35. The second kappa shape index (κ2) is 7.03. The SMILES string of the molecule is CC(C)OCCCCCN. The Hall–Kier alpha value is -0.0800. The summed E-state index contributed by atoms with van der Waals surface area (Å²) in [5, 5.41) is 0. The van der Waals surface area contributed by atoms with Crippen LogP contribution in [0.2, 0.25) is 0 Å². The zero-order valence-corrected chi connectivity index (χ0v) is 7.10. The summed E-state index contributed by atoms with van der Waals surface area (Å²) in [4.78, 5) is 0. The van der Waals surface area contributed by atoms with Crippen LogP contribution in [0.5, 0.6) is 0 Å². The summed E-state index contributed by atoms with van der Waals surface area (Å²) >= 11 is 0. The minimum Gasteiger partial charge on any atom is -0.379 e. The molecule has 0 aliphatic heterocycles. The molecule has 0 rings (SSSR count). The largest absolute Gasteiger partial charge is 0.379 e. The monoisotopic (exact) mass is 145 g/mol. The van der Waals surface area contributed by atoms with Gasteiger partial charge in [-0.15, -0.1) is 0 Å². The number of nitrogens with two attached hydrogens (primary N) is 1. The predicted octanol–water partition coefficient (Wildman–Crippen LogP) is 1.54. The van der Waals surface area contributed by atoms with Gasteiger partial charge < -0.3 is 10.5 Å². The lowest BCUT2D eigenvalue weighted by molar-refractivity contribution is 0.0758. The normalized spacial score (nSPS) is 10.8. The Morgan fingerprint density at radius 3 is 2.40 bits per heavy atom. The predicted molar refractivity (Wildman–Crippen MR) is 44.0 cm³/mol. The quantitative estimate of drug-likeness (QED) is 0.575. The van der Waals surface area contributed by atoms with Crippen molar-refractivity contribution in [2.45, 2.75) is 39.2 Å². The van der Waals surface area contributed by atoms with Crippen molar-refractivity contribution in [2.24, 2.45) is 5.73 Å². The molecule has 0 bridgehead atoms. The van der Waals surface area contributed by atoms with Gasteiger partial charge in [-0.2, -0.15) is 0 Å². The van der Waals surface area contributed by atoms with E-state index in [-0.39, 0.29) is 0 Å². The van der Waals surface area contributed by atoms with Gasteiger partial charge in [-0.3, -0.25) is 0 Å². The van der Waals surface area contributed by atoms with Gasteiger partial charge in [0, 0.05) is 6.61 Å². The van der Waals surface area contributed by atoms with E-state index in [0.717, 1.165) is 26.0 Å². The fourth-order valence-electron chi connectivity index (χ4n) is 0.742. The summed E-state index contributed by atoms with van der Waals surface area (Å²) in [6.07, 6.45) is 3.85. The van der Waals surface area contributed by atoms with Gasteiger partial charge in [0.05, 0.1) is 6.10 Å². The first-order valence-corrected chi connectivity index (χ1v) is 4.09. The number of hydrogen-bond donors (Lipinski definition) is 1. The van der Waals surface area contributed by atoms with Crippen LogP contribution in [0.15, 0.2) is 0 Å². The third-order valence-electron chi connectivity index (χ3n) is 1.30. The highest BCUT2D eigenvalue weighted by Gasteiger charge is 1.91. The van der Waals surface area contributed by atoms with E-state index in [9.17, 15) is 0 Å². The molecule has 2 nitrogen and oxygen atoms in total. The molecule has 10 heavy (non-hydrogen) atoms. The van der Waals surface area contributed by atoms with Crippen molar-refractivity contribution in [3.05, 3.63) is 0 Å². The number of ether oxygens (including phenoxy) is 1. The fourth-order valence-corrected chi connectivity index (χ4v) is 0.742. The van der Waals surface area contributed by atoms with E-state index in [1.165, 1.54) is 6.42 Å². The first kappa shape index (κ1) is 9.92. The molecular weight excluding hydrogens is 126 g/mol. The van der Waals surface area contributed by atoms with Crippen molar-refractivity contribution in [3.63, 3.8) is 0 Å². The molecule has 2 N–H and O–H groups in total. The zero-order valence-electron chi connectivity index (χ0n) is 7.10. The van der Waals surface area contributed by atoms with Crippen LogP contribution in [-0.4, -0.2) is 19.3 Å². The molecule has 0 unspecified atom stereocenters. The van der Waals surface area contributed by atoms with Crippen molar-refractivity contribution in [3.8, 4) is 0 Å². The molecule has 0 aromatic rings.